The zero-order chi connectivity index (χ0) is 30.7. The fraction of sp³-hybridized carbons (Fsp3) is 0.303. The van der Waals surface area contributed by atoms with E-state index in [2.05, 4.69) is 16.0 Å². The third-order valence-corrected chi connectivity index (χ3v) is 10.4. The maximum atomic E-state index is 14.0. The Morgan fingerprint density at radius 3 is 2.27 bits per heavy atom. The van der Waals surface area contributed by atoms with E-state index in [-0.39, 0.29) is 29.0 Å². The highest BCUT2D eigenvalue weighted by Gasteiger charge is 2.33. The van der Waals surface area contributed by atoms with E-state index in [9.17, 15) is 17.6 Å². The van der Waals surface area contributed by atoms with Gasteiger partial charge in [0.25, 0.3) is 0 Å². The lowest BCUT2D eigenvalue weighted by atomic mass is 10.1. The molecule has 1 fully saturated rings. The van der Waals surface area contributed by atoms with E-state index < -0.39 is 10.0 Å². The van der Waals surface area contributed by atoms with Crippen LogP contribution in [0.3, 0.4) is 0 Å². The van der Waals surface area contributed by atoms with Gasteiger partial charge in [0.1, 0.15) is 12.0 Å². The molecule has 3 aromatic rings. The molecule has 0 aliphatic carbocycles. The molecule has 3 heterocycles. The van der Waals surface area contributed by atoms with E-state index in [1.165, 1.54) is 12.1 Å². The standard InChI is InChI=1S/C33H37FN6O3S/c34-27-9-3-23(4-10-27)2-1-19-40(29-15-17-36-18-16-29)44(42,43)30-13-7-25(8-14-30)31-20-26-22-39(33(41)38-32(26)37-31)28-11-5-24(21-35)6-12-28/h3-14,20,22,29,32,36-37H,1-2,15-19,21,35H2,(H,38,41). The summed E-state index contributed by atoms with van der Waals surface area (Å²) in [6.07, 6.45) is 6.20. The first-order chi connectivity index (χ1) is 21.3. The Morgan fingerprint density at radius 2 is 1.59 bits per heavy atom. The number of hydrogen-bond donors (Lipinski definition) is 4. The lowest BCUT2D eigenvalue weighted by molar-refractivity contribution is 0.244. The van der Waals surface area contributed by atoms with Crippen LogP contribution in [0, 0.1) is 5.82 Å². The average Bonchev–Trinajstić information content (AvgIpc) is 3.47. The minimum atomic E-state index is -3.75. The van der Waals surface area contributed by atoms with Crippen LogP contribution in [-0.4, -0.2) is 50.6 Å². The van der Waals surface area contributed by atoms with Gasteiger partial charge in [-0.2, -0.15) is 4.31 Å². The van der Waals surface area contributed by atoms with Crippen LogP contribution in [-0.2, 0) is 23.0 Å². The number of nitrogens with zero attached hydrogens (tertiary/aromatic N) is 2. The lowest BCUT2D eigenvalue weighted by Crippen LogP contribution is -2.51. The molecule has 44 heavy (non-hydrogen) atoms. The Balaban J connectivity index is 1.18. The molecule has 0 aromatic heterocycles. The highest BCUT2D eigenvalue weighted by molar-refractivity contribution is 7.89. The zero-order valence-corrected chi connectivity index (χ0v) is 25.2. The van der Waals surface area contributed by atoms with Gasteiger partial charge in [-0.15, -0.1) is 0 Å². The Hall–Kier alpha value is -4.03. The van der Waals surface area contributed by atoms with Crippen molar-refractivity contribution in [1.82, 2.24) is 20.3 Å². The van der Waals surface area contributed by atoms with Crippen molar-refractivity contribution in [2.24, 2.45) is 5.73 Å². The van der Waals surface area contributed by atoms with Crippen molar-refractivity contribution in [1.29, 1.82) is 0 Å². The number of benzene rings is 3. The van der Waals surface area contributed by atoms with Gasteiger partial charge in [-0.1, -0.05) is 36.4 Å². The number of urea groups is 1. The second-order valence-corrected chi connectivity index (χ2v) is 13.2. The molecule has 6 rings (SSSR count). The number of carbonyl (C=O) groups is 1. The van der Waals surface area contributed by atoms with E-state index in [1.54, 1.807) is 45.6 Å². The number of hydrogen-bond acceptors (Lipinski definition) is 6. The number of anilines is 1. The molecule has 3 aliphatic rings. The van der Waals surface area contributed by atoms with Crippen LogP contribution in [0.2, 0.25) is 0 Å². The second-order valence-electron chi connectivity index (χ2n) is 11.3. The molecule has 0 saturated carbocycles. The van der Waals surface area contributed by atoms with Gasteiger partial charge in [-0.3, -0.25) is 4.90 Å². The summed E-state index contributed by atoms with van der Waals surface area (Å²) in [5, 5.41) is 9.64. The van der Waals surface area contributed by atoms with E-state index in [4.69, 9.17) is 5.73 Å². The normalized spacial score (nSPS) is 18.8. The van der Waals surface area contributed by atoms with E-state index in [0.29, 0.717) is 25.9 Å². The minimum absolute atomic E-state index is 0.0820. The first-order valence-corrected chi connectivity index (χ1v) is 16.4. The van der Waals surface area contributed by atoms with Crippen molar-refractivity contribution in [3.63, 3.8) is 0 Å². The number of nitrogens with one attached hydrogen (secondary N) is 3. The number of nitrogens with two attached hydrogens (primary N) is 1. The van der Waals surface area contributed by atoms with Gasteiger partial charge in [-0.05, 0) is 97.9 Å². The zero-order valence-electron chi connectivity index (χ0n) is 24.4. The molecular formula is C33H37FN6O3S. The molecule has 230 valence electrons. The Kier molecular flexibility index (Phi) is 8.81. The van der Waals surface area contributed by atoms with Crippen LogP contribution in [0.5, 0.6) is 0 Å². The summed E-state index contributed by atoms with van der Waals surface area (Å²) in [6, 6.07) is 20.5. The summed E-state index contributed by atoms with van der Waals surface area (Å²) in [4.78, 5) is 14.7. The Morgan fingerprint density at radius 1 is 0.909 bits per heavy atom. The number of carbonyl (C=O) groups excluding carboxylic acids is 1. The predicted octanol–water partition coefficient (Wildman–Crippen LogP) is 4.04. The number of sulfonamides is 1. The summed E-state index contributed by atoms with van der Waals surface area (Å²) in [7, 11) is -3.75. The van der Waals surface area contributed by atoms with E-state index >= 15 is 0 Å². The summed E-state index contributed by atoms with van der Waals surface area (Å²) in [5.41, 5.74) is 10.9. The van der Waals surface area contributed by atoms with Gasteiger partial charge in [0, 0.05) is 36.6 Å². The summed E-state index contributed by atoms with van der Waals surface area (Å²) in [5.74, 6) is -0.282. The number of halogens is 1. The third-order valence-electron chi connectivity index (χ3n) is 8.40. The number of amides is 2. The molecule has 9 nitrogen and oxygen atoms in total. The van der Waals surface area contributed by atoms with Crippen LogP contribution in [0.1, 0.15) is 36.0 Å². The number of aryl methyl sites for hydroxylation is 1. The topological polar surface area (TPSA) is 120 Å². The molecule has 0 bridgehead atoms. The second kappa shape index (κ2) is 12.9. The van der Waals surface area contributed by atoms with E-state index in [1.807, 2.05) is 36.5 Å². The van der Waals surface area contributed by atoms with Crippen LogP contribution in [0.25, 0.3) is 5.70 Å². The van der Waals surface area contributed by atoms with Crippen LogP contribution < -0.4 is 26.6 Å². The molecule has 0 radical (unpaired) electrons. The molecular weight excluding hydrogens is 579 g/mol. The molecule has 3 aliphatic heterocycles. The monoisotopic (exact) mass is 616 g/mol. The third kappa shape index (κ3) is 6.41. The first kappa shape index (κ1) is 30.0. The van der Waals surface area contributed by atoms with Crippen LogP contribution in [0.4, 0.5) is 14.9 Å². The van der Waals surface area contributed by atoms with E-state index in [0.717, 1.165) is 59.6 Å². The predicted molar refractivity (Wildman–Crippen MR) is 169 cm³/mol. The van der Waals surface area contributed by atoms with Crippen molar-refractivity contribution >= 4 is 27.4 Å². The smallest absolute Gasteiger partial charge is 0.327 e. The van der Waals surface area contributed by atoms with Gasteiger partial charge in [0.05, 0.1) is 10.6 Å². The molecule has 1 unspecified atom stereocenters. The largest absolute Gasteiger partial charge is 0.361 e. The molecule has 1 atom stereocenters. The molecule has 2 amide bonds. The first-order valence-electron chi connectivity index (χ1n) is 15.0. The maximum absolute atomic E-state index is 14.0. The molecule has 1 saturated heterocycles. The minimum Gasteiger partial charge on any atom is -0.361 e. The van der Waals surface area contributed by atoms with Crippen LogP contribution >= 0.6 is 0 Å². The van der Waals surface area contributed by atoms with Gasteiger partial charge < -0.3 is 21.7 Å². The van der Waals surface area contributed by atoms with Crippen molar-refractivity contribution < 1.29 is 17.6 Å². The summed E-state index contributed by atoms with van der Waals surface area (Å²) >= 11 is 0. The average molecular weight is 617 g/mol. The lowest BCUT2D eigenvalue weighted by Gasteiger charge is -2.34. The maximum Gasteiger partial charge on any atom is 0.327 e. The number of piperidine rings is 1. The fourth-order valence-corrected chi connectivity index (χ4v) is 7.66. The highest BCUT2D eigenvalue weighted by Crippen LogP contribution is 2.30. The number of rotatable bonds is 10. The fourth-order valence-electron chi connectivity index (χ4n) is 5.94. The van der Waals surface area contributed by atoms with Gasteiger partial charge in [0.15, 0.2) is 0 Å². The summed E-state index contributed by atoms with van der Waals surface area (Å²) in [6.45, 7) is 2.37. The molecule has 0 spiro atoms. The van der Waals surface area contributed by atoms with Crippen molar-refractivity contribution in [3.05, 3.63) is 113 Å². The van der Waals surface area contributed by atoms with Gasteiger partial charge in [-0.25, -0.2) is 17.6 Å². The summed E-state index contributed by atoms with van der Waals surface area (Å²) < 4.78 is 42.9. The number of fused-ring (bicyclic) bond motifs is 1. The quantitative estimate of drug-likeness (QED) is 0.273. The molecule has 3 aromatic carbocycles. The Bertz CT molecular complexity index is 1650. The molecule has 11 heteroatoms. The SMILES string of the molecule is NCc1ccc(N2C=C3C=C(c4ccc(S(=O)(=O)N(CCCc5ccc(F)cc5)C5CCNCC5)cc4)NC3NC2=O)cc1. The van der Waals surface area contributed by atoms with Crippen LogP contribution in [0.15, 0.2) is 95.5 Å². The van der Waals surface area contributed by atoms with Gasteiger partial charge in [0.2, 0.25) is 10.0 Å². The van der Waals surface area contributed by atoms with Crippen molar-refractivity contribution in [3.8, 4) is 0 Å². The molecule has 5 N–H and O–H groups in total. The van der Waals surface area contributed by atoms with Crippen molar-refractivity contribution in [2.75, 3.05) is 24.5 Å². The van der Waals surface area contributed by atoms with Crippen molar-refractivity contribution in [2.45, 2.75) is 49.3 Å². The van der Waals surface area contributed by atoms with Gasteiger partial charge >= 0.3 is 6.03 Å². The Labute approximate surface area is 257 Å². The highest BCUT2D eigenvalue weighted by atomic mass is 32.2.